The minimum Gasteiger partial charge on any atom is -0.493 e. The second-order valence-electron chi connectivity index (χ2n) is 4.82. The van der Waals surface area contributed by atoms with Gasteiger partial charge in [-0.1, -0.05) is 0 Å². The van der Waals surface area contributed by atoms with Crippen LogP contribution in [0.4, 0.5) is 0 Å². The predicted octanol–water partition coefficient (Wildman–Crippen LogP) is 2.50. The van der Waals surface area contributed by atoms with Crippen molar-refractivity contribution in [1.29, 1.82) is 0 Å². The van der Waals surface area contributed by atoms with Crippen LogP contribution in [0.25, 0.3) is 0 Å². The number of aromatic nitrogens is 1. The molecule has 1 N–H and O–H groups in total. The summed E-state index contributed by atoms with van der Waals surface area (Å²) in [5.41, 5.74) is 4.21. The molecule has 0 aliphatic carbocycles. The minimum absolute atomic E-state index is 0.178. The van der Waals surface area contributed by atoms with Crippen molar-refractivity contribution in [2.75, 3.05) is 14.2 Å². The van der Waals surface area contributed by atoms with E-state index in [1.54, 1.807) is 26.5 Å². The van der Waals surface area contributed by atoms with Crippen molar-refractivity contribution in [3.05, 3.63) is 46.2 Å². The summed E-state index contributed by atoms with van der Waals surface area (Å²) < 4.78 is 13.2. The molecular weight excluding hydrogens is 362 g/mol. The number of methoxy groups -OCH3 is 2. The largest absolute Gasteiger partial charge is 0.493 e. The highest BCUT2D eigenvalue weighted by Crippen LogP contribution is 2.35. The summed E-state index contributed by atoms with van der Waals surface area (Å²) >= 11 is 3.41. The summed E-state index contributed by atoms with van der Waals surface area (Å²) in [6, 6.07) is 7.40. The van der Waals surface area contributed by atoms with Crippen molar-refractivity contribution in [1.82, 2.24) is 9.99 Å². The molecule has 0 spiro atoms. The van der Waals surface area contributed by atoms with Gasteiger partial charge in [-0.05, 0) is 45.8 Å². The number of hydrogen-bond acceptors (Lipinski definition) is 4. The maximum Gasteiger partial charge on any atom is 0.245 e. The molecule has 0 unspecified atom stereocenters. The quantitative estimate of drug-likeness (QED) is 0.619. The number of nitrogens with one attached hydrogen (secondary N) is 1. The summed E-state index contributed by atoms with van der Waals surface area (Å²) in [7, 11) is 5.03. The van der Waals surface area contributed by atoms with Crippen LogP contribution >= 0.6 is 15.9 Å². The Kier molecular flexibility index (Phi) is 5.81. The van der Waals surface area contributed by atoms with Crippen LogP contribution in [0.2, 0.25) is 0 Å². The zero-order valence-corrected chi connectivity index (χ0v) is 14.8. The van der Waals surface area contributed by atoms with Crippen molar-refractivity contribution in [2.45, 2.75) is 6.42 Å². The van der Waals surface area contributed by atoms with Crippen LogP contribution in [0.5, 0.6) is 11.5 Å². The van der Waals surface area contributed by atoms with E-state index in [0.717, 1.165) is 15.7 Å². The molecule has 0 saturated carbocycles. The lowest BCUT2D eigenvalue weighted by molar-refractivity contribution is -0.120. The number of benzene rings is 1. The van der Waals surface area contributed by atoms with Crippen molar-refractivity contribution in [2.24, 2.45) is 12.1 Å². The molecule has 1 amide bonds. The molecule has 2 rings (SSSR count). The van der Waals surface area contributed by atoms with Crippen LogP contribution in [0.15, 0.2) is 40.0 Å². The average molecular weight is 380 g/mol. The van der Waals surface area contributed by atoms with E-state index in [1.807, 2.05) is 36.0 Å². The van der Waals surface area contributed by atoms with Crippen molar-refractivity contribution >= 4 is 28.1 Å². The lowest BCUT2D eigenvalue weighted by Crippen LogP contribution is -2.20. The van der Waals surface area contributed by atoms with Gasteiger partial charge in [0.25, 0.3) is 0 Å². The zero-order valence-electron chi connectivity index (χ0n) is 13.2. The molecule has 1 aromatic carbocycles. The highest BCUT2D eigenvalue weighted by molar-refractivity contribution is 9.10. The normalized spacial score (nSPS) is 10.8. The van der Waals surface area contributed by atoms with Gasteiger partial charge in [-0.15, -0.1) is 0 Å². The first kappa shape index (κ1) is 17.1. The van der Waals surface area contributed by atoms with Crippen molar-refractivity contribution in [3.63, 3.8) is 0 Å². The lowest BCUT2D eigenvalue weighted by Gasteiger charge is -2.10. The first-order valence-electron chi connectivity index (χ1n) is 6.88. The molecule has 0 aliphatic rings. The highest BCUT2D eigenvalue weighted by atomic mass is 79.9. The van der Waals surface area contributed by atoms with Gasteiger partial charge in [-0.2, -0.15) is 5.10 Å². The van der Waals surface area contributed by atoms with E-state index in [1.165, 1.54) is 0 Å². The summed E-state index contributed by atoms with van der Waals surface area (Å²) in [4.78, 5) is 11.9. The van der Waals surface area contributed by atoms with Gasteiger partial charge in [-0.25, -0.2) is 5.43 Å². The van der Waals surface area contributed by atoms with E-state index in [2.05, 4.69) is 26.5 Å². The number of hydrazone groups is 1. The Labute approximate surface area is 143 Å². The molecule has 0 bridgehead atoms. The molecule has 1 heterocycles. The summed E-state index contributed by atoms with van der Waals surface area (Å²) in [6.45, 7) is 0. The van der Waals surface area contributed by atoms with Gasteiger partial charge in [-0.3, -0.25) is 4.79 Å². The van der Waals surface area contributed by atoms with Gasteiger partial charge in [0.2, 0.25) is 5.91 Å². The van der Waals surface area contributed by atoms with Crippen molar-refractivity contribution < 1.29 is 14.3 Å². The summed E-state index contributed by atoms with van der Waals surface area (Å²) in [5.74, 6) is 1.01. The maximum absolute atomic E-state index is 11.9. The molecule has 0 radical (unpaired) electrons. The fourth-order valence-electron chi connectivity index (χ4n) is 2.08. The van der Waals surface area contributed by atoms with Gasteiger partial charge < -0.3 is 14.0 Å². The number of ether oxygens (including phenoxy) is 2. The Morgan fingerprint density at radius 3 is 2.78 bits per heavy atom. The molecule has 0 saturated heterocycles. The van der Waals surface area contributed by atoms with Gasteiger partial charge in [0.1, 0.15) is 0 Å². The Morgan fingerprint density at radius 1 is 1.39 bits per heavy atom. The monoisotopic (exact) mass is 379 g/mol. The van der Waals surface area contributed by atoms with Gasteiger partial charge in [0, 0.05) is 18.9 Å². The summed E-state index contributed by atoms with van der Waals surface area (Å²) in [6.07, 6.45) is 3.72. The van der Waals surface area contributed by atoms with Crippen LogP contribution < -0.4 is 14.9 Å². The van der Waals surface area contributed by atoms with E-state index in [-0.39, 0.29) is 12.3 Å². The van der Waals surface area contributed by atoms with Crippen LogP contribution in [0.1, 0.15) is 11.3 Å². The van der Waals surface area contributed by atoms with Crippen LogP contribution in [-0.2, 0) is 18.3 Å². The van der Waals surface area contributed by atoms with E-state index in [0.29, 0.717) is 11.5 Å². The third-order valence-electron chi connectivity index (χ3n) is 3.25. The predicted molar refractivity (Wildman–Crippen MR) is 92.1 cm³/mol. The van der Waals surface area contributed by atoms with E-state index in [9.17, 15) is 4.79 Å². The number of amides is 1. The van der Waals surface area contributed by atoms with Crippen LogP contribution in [0, 0.1) is 0 Å². The van der Waals surface area contributed by atoms with Crippen LogP contribution in [0.3, 0.4) is 0 Å². The number of carbonyl (C=O) groups is 1. The molecule has 122 valence electrons. The topological polar surface area (TPSA) is 64.8 Å². The molecule has 23 heavy (non-hydrogen) atoms. The standard InChI is InChI=1S/C16H18BrN3O3/c1-20-6-4-5-12(20)9-15(21)19-18-10-11-7-13(17)16(23-3)14(8-11)22-2/h4-8,10H,9H2,1-3H3,(H,19,21)/b18-10+. The average Bonchev–Trinajstić information content (AvgIpc) is 2.91. The lowest BCUT2D eigenvalue weighted by atomic mass is 10.2. The Balaban J connectivity index is 2.01. The van der Waals surface area contributed by atoms with Gasteiger partial charge in [0.15, 0.2) is 11.5 Å². The Hall–Kier alpha value is -2.28. The first-order valence-corrected chi connectivity index (χ1v) is 7.68. The number of aryl methyl sites for hydroxylation is 1. The van der Waals surface area contributed by atoms with Crippen molar-refractivity contribution in [3.8, 4) is 11.5 Å². The maximum atomic E-state index is 11.9. The third kappa shape index (κ3) is 4.35. The molecule has 1 aromatic heterocycles. The smallest absolute Gasteiger partial charge is 0.245 e. The van der Waals surface area contributed by atoms with E-state index < -0.39 is 0 Å². The fourth-order valence-corrected chi connectivity index (χ4v) is 2.70. The second kappa shape index (κ2) is 7.82. The Morgan fingerprint density at radius 2 is 2.17 bits per heavy atom. The minimum atomic E-state index is -0.178. The Bertz CT molecular complexity index is 725. The van der Waals surface area contributed by atoms with E-state index in [4.69, 9.17) is 9.47 Å². The fraction of sp³-hybridized carbons (Fsp3) is 0.250. The van der Waals surface area contributed by atoms with Crippen LogP contribution in [-0.4, -0.2) is 30.9 Å². The number of rotatable bonds is 6. The number of hydrogen-bond donors (Lipinski definition) is 1. The zero-order chi connectivity index (χ0) is 16.8. The molecule has 6 nitrogen and oxygen atoms in total. The number of halogens is 1. The molecule has 2 aromatic rings. The first-order chi connectivity index (χ1) is 11.0. The summed E-state index contributed by atoms with van der Waals surface area (Å²) in [5, 5.41) is 3.97. The van der Waals surface area contributed by atoms with Gasteiger partial charge >= 0.3 is 0 Å². The molecule has 7 heteroatoms. The second-order valence-corrected chi connectivity index (χ2v) is 5.67. The number of carbonyl (C=O) groups excluding carboxylic acids is 1. The third-order valence-corrected chi connectivity index (χ3v) is 3.84. The molecular formula is C16H18BrN3O3. The SMILES string of the molecule is COc1cc(/C=N/NC(=O)Cc2cccn2C)cc(Br)c1OC. The molecule has 0 fully saturated rings. The molecule has 0 aliphatic heterocycles. The van der Waals surface area contributed by atoms with E-state index >= 15 is 0 Å². The van der Waals surface area contributed by atoms with Gasteiger partial charge in [0.05, 0.1) is 31.3 Å². The molecule has 0 atom stereocenters. The highest BCUT2D eigenvalue weighted by Gasteiger charge is 2.09. The number of nitrogens with zero attached hydrogens (tertiary/aromatic N) is 2.